The Hall–Kier alpha value is -2.11. The molecule has 1 unspecified atom stereocenters. The van der Waals surface area contributed by atoms with E-state index in [2.05, 4.69) is 45.3 Å². The predicted octanol–water partition coefficient (Wildman–Crippen LogP) is 5.41. The molecule has 3 aromatic rings. The molecule has 3 heterocycles. The van der Waals surface area contributed by atoms with Gasteiger partial charge in [-0.2, -0.15) is 0 Å². The second kappa shape index (κ2) is 10.4. The number of thioether (sulfide) groups is 1. The molecule has 3 aromatic heterocycles. The van der Waals surface area contributed by atoms with Gasteiger partial charge in [0.25, 0.3) is 0 Å². The van der Waals surface area contributed by atoms with Crippen LogP contribution in [0.3, 0.4) is 0 Å². The number of halogens is 1. The number of methoxy groups -OCH3 is 1. The third-order valence-corrected chi connectivity index (χ3v) is 8.01. The van der Waals surface area contributed by atoms with Gasteiger partial charge in [-0.15, -0.1) is 21.5 Å². The van der Waals surface area contributed by atoms with E-state index in [4.69, 9.17) is 9.15 Å². The van der Waals surface area contributed by atoms with E-state index in [1.165, 1.54) is 30.2 Å². The van der Waals surface area contributed by atoms with Crippen molar-refractivity contribution in [3.63, 3.8) is 0 Å². The van der Waals surface area contributed by atoms with Crippen LogP contribution in [0.5, 0.6) is 0 Å². The van der Waals surface area contributed by atoms with Gasteiger partial charge in [-0.05, 0) is 65.2 Å². The largest absolute Gasteiger partial charge is 0.465 e. The van der Waals surface area contributed by atoms with E-state index in [9.17, 15) is 9.59 Å². The lowest BCUT2D eigenvalue weighted by atomic mass is 9.88. The third kappa shape index (κ3) is 5.20. The molecule has 0 aromatic carbocycles. The van der Waals surface area contributed by atoms with E-state index in [1.54, 1.807) is 6.07 Å². The first-order valence-electron chi connectivity index (χ1n) is 10.8. The monoisotopic (exact) mass is 552 g/mol. The molecule has 0 fully saturated rings. The van der Waals surface area contributed by atoms with Gasteiger partial charge in [0.1, 0.15) is 5.00 Å². The number of rotatable bonds is 8. The van der Waals surface area contributed by atoms with Gasteiger partial charge in [-0.25, -0.2) is 4.79 Å². The second-order valence-corrected chi connectivity index (χ2v) is 10.8. The molecule has 0 saturated carbocycles. The van der Waals surface area contributed by atoms with Crippen molar-refractivity contribution in [3.05, 3.63) is 32.8 Å². The summed E-state index contributed by atoms with van der Waals surface area (Å²) in [5.41, 5.74) is 1.52. The fraction of sp³-hybridized carbons (Fsp3) is 0.455. The van der Waals surface area contributed by atoms with Crippen molar-refractivity contribution >= 4 is 55.9 Å². The molecule has 0 aliphatic heterocycles. The highest BCUT2D eigenvalue weighted by molar-refractivity contribution is 9.10. The van der Waals surface area contributed by atoms with Crippen LogP contribution in [0.25, 0.3) is 11.6 Å². The number of furan rings is 1. The zero-order valence-electron chi connectivity index (χ0n) is 18.6. The summed E-state index contributed by atoms with van der Waals surface area (Å²) in [6, 6.07) is 3.63. The van der Waals surface area contributed by atoms with Gasteiger partial charge < -0.3 is 14.5 Å². The standard InChI is InChI=1S/C22H25BrN4O4S2/c1-4-9-27-19(14-7-8-16(23)31-14)25-26-22(27)32-11-17(28)24-20-18(21(29)30-3)13-6-5-12(2)10-15(13)33-20/h7-8,12H,4-6,9-11H2,1-3H3,(H,24,28). The van der Waals surface area contributed by atoms with Gasteiger partial charge in [-0.3, -0.25) is 9.36 Å². The fourth-order valence-electron chi connectivity index (χ4n) is 3.89. The Kier molecular flexibility index (Phi) is 7.60. The van der Waals surface area contributed by atoms with Crippen molar-refractivity contribution < 1.29 is 18.7 Å². The van der Waals surface area contributed by atoms with E-state index in [0.717, 1.165) is 36.1 Å². The first-order valence-corrected chi connectivity index (χ1v) is 13.3. The average Bonchev–Trinajstić information content (AvgIpc) is 3.48. The quantitative estimate of drug-likeness (QED) is 0.294. The molecule has 1 N–H and O–H groups in total. The first-order chi connectivity index (χ1) is 15.9. The number of nitrogens with zero attached hydrogens (tertiary/aromatic N) is 3. The second-order valence-electron chi connectivity index (χ2n) is 7.95. The van der Waals surface area contributed by atoms with Crippen molar-refractivity contribution in [3.8, 4) is 11.6 Å². The van der Waals surface area contributed by atoms with Gasteiger partial charge in [0, 0.05) is 11.4 Å². The molecule has 33 heavy (non-hydrogen) atoms. The van der Waals surface area contributed by atoms with Crippen molar-refractivity contribution in [2.45, 2.75) is 51.2 Å². The molecule has 1 aliphatic rings. The SMILES string of the molecule is CCCn1c(SCC(=O)Nc2sc3c(c2C(=O)OC)CCC(C)C3)nnc1-c1ccc(Br)o1. The summed E-state index contributed by atoms with van der Waals surface area (Å²) < 4.78 is 13.2. The molecule has 11 heteroatoms. The molecule has 0 radical (unpaired) electrons. The zero-order chi connectivity index (χ0) is 23.5. The zero-order valence-corrected chi connectivity index (χ0v) is 21.9. The van der Waals surface area contributed by atoms with Crippen LogP contribution in [0, 0.1) is 5.92 Å². The Morgan fingerprint density at radius 3 is 2.91 bits per heavy atom. The minimum atomic E-state index is -0.401. The van der Waals surface area contributed by atoms with E-state index >= 15 is 0 Å². The maximum atomic E-state index is 12.8. The lowest BCUT2D eigenvalue weighted by Crippen LogP contribution is -2.17. The smallest absolute Gasteiger partial charge is 0.341 e. The number of amides is 1. The number of carbonyl (C=O) groups excluding carboxylic acids is 2. The maximum absolute atomic E-state index is 12.8. The Morgan fingerprint density at radius 1 is 1.39 bits per heavy atom. The number of ether oxygens (including phenoxy) is 1. The summed E-state index contributed by atoms with van der Waals surface area (Å²) in [6.07, 6.45) is 3.65. The molecule has 8 nitrogen and oxygen atoms in total. The number of fused-ring (bicyclic) bond motifs is 1. The summed E-state index contributed by atoms with van der Waals surface area (Å²) in [5, 5.41) is 12.7. The van der Waals surface area contributed by atoms with Gasteiger partial charge >= 0.3 is 5.97 Å². The van der Waals surface area contributed by atoms with Crippen LogP contribution in [0.4, 0.5) is 5.00 Å². The molecule has 0 bridgehead atoms. The summed E-state index contributed by atoms with van der Waals surface area (Å²) in [4.78, 5) is 26.4. The van der Waals surface area contributed by atoms with Gasteiger partial charge in [-0.1, -0.05) is 25.6 Å². The minimum Gasteiger partial charge on any atom is -0.465 e. The lowest BCUT2D eigenvalue weighted by Gasteiger charge is -2.18. The summed E-state index contributed by atoms with van der Waals surface area (Å²) in [7, 11) is 1.37. The van der Waals surface area contributed by atoms with Crippen LogP contribution in [0.1, 0.15) is 47.5 Å². The fourth-order valence-corrected chi connectivity index (χ4v) is 6.37. The molecule has 1 atom stereocenters. The maximum Gasteiger partial charge on any atom is 0.341 e. The number of thiophene rings is 1. The number of carbonyl (C=O) groups is 2. The van der Waals surface area contributed by atoms with Gasteiger partial charge in [0.05, 0.1) is 18.4 Å². The number of nitrogens with one attached hydrogen (secondary N) is 1. The molecular weight excluding hydrogens is 528 g/mol. The normalized spacial score (nSPS) is 15.3. The number of aromatic nitrogens is 3. The molecule has 1 aliphatic carbocycles. The predicted molar refractivity (Wildman–Crippen MR) is 132 cm³/mol. The Morgan fingerprint density at radius 2 is 2.21 bits per heavy atom. The van der Waals surface area contributed by atoms with E-state index in [0.29, 0.717) is 44.4 Å². The summed E-state index contributed by atoms with van der Waals surface area (Å²) >= 11 is 6.10. The van der Waals surface area contributed by atoms with Crippen LogP contribution in [-0.2, 0) is 28.9 Å². The highest BCUT2D eigenvalue weighted by Crippen LogP contribution is 2.40. The van der Waals surface area contributed by atoms with Crippen LogP contribution < -0.4 is 5.32 Å². The van der Waals surface area contributed by atoms with Crippen molar-refractivity contribution in [2.24, 2.45) is 5.92 Å². The van der Waals surface area contributed by atoms with Crippen LogP contribution in [0.2, 0.25) is 0 Å². The number of hydrogen-bond donors (Lipinski definition) is 1. The Balaban J connectivity index is 1.49. The van der Waals surface area contributed by atoms with Crippen LogP contribution in [-0.4, -0.2) is 39.5 Å². The van der Waals surface area contributed by atoms with Gasteiger partial charge in [0.15, 0.2) is 15.6 Å². The number of esters is 1. The molecule has 0 saturated heterocycles. The highest BCUT2D eigenvalue weighted by Gasteiger charge is 2.29. The van der Waals surface area contributed by atoms with Crippen LogP contribution >= 0.6 is 39.0 Å². The van der Waals surface area contributed by atoms with Crippen LogP contribution in [0.15, 0.2) is 26.4 Å². The van der Waals surface area contributed by atoms with E-state index in [-0.39, 0.29) is 11.7 Å². The van der Waals surface area contributed by atoms with E-state index in [1.807, 2.05) is 10.6 Å². The molecule has 0 spiro atoms. The number of hydrogen-bond acceptors (Lipinski definition) is 8. The molecule has 4 rings (SSSR count). The van der Waals surface area contributed by atoms with Crippen molar-refractivity contribution in [2.75, 3.05) is 18.2 Å². The Labute approximate surface area is 208 Å². The van der Waals surface area contributed by atoms with Crippen molar-refractivity contribution in [1.29, 1.82) is 0 Å². The third-order valence-electron chi connectivity index (χ3n) is 5.44. The average molecular weight is 554 g/mol. The minimum absolute atomic E-state index is 0.142. The topological polar surface area (TPSA) is 99.2 Å². The first kappa shape index (κ1) is 24.0. The number of anilines is 1. The van der Waals surface area contributed by atoms with E-state index < -0.39 is 5.97 Å². The molecular formula is C22H25BrN4O4S2. The lowest BCUT2D eigenvalue weighted by molar-refractivity contribution is -0.113. The summed E-state index contributed by atoms with van der Waals surface area (Å²) in [5.74, 6) is 1.34. The Bertz CT molecular complexity index is 1170. The van der Waals surface area contributed by atoms with Gasteiger partial charge in [0.2, 0.25) is 11.7 Å². The molecule has 1 amide bonds. The molecule has 176 valence electrons. The summed E-state index contributed by atoms with van der Waals surface area (Å²) in [6.45, 7) is 4.97. The van der Waals surface area contributed by atoms with Crippen molar-refractivity contribution in [1.82, 2.24) is 14.8 Å². The highest BCUT2D eigenvalue weighted by atomic mass is 79.9.